The third-order valence-electron chi connectivity index (χ3n) is 3.67. The fraction of sp³-hybridized carbons (Fsp3) is 0.167. The second-order valence-corrected chi connectivity index (χ2v) is 6.32. The Kier molecular flexibility index (Phi) is 5.13. The van der Waals surface area contributed by atoms with Crippen LogP contribution in [-0.2, 0) is 16.1 Å². The van der Waals surface area contributed by atoms with Gasteiger partial charge in [0.2, 0.25) is 0 Å². The van der Waals surface area contributed by atoms with E-state index in [0.717, 1.165) is 10.8 Å². The van der Waals surface area contributed by atoms with Crippen LogP contribution in [-0.4, -0.2) is 30.7 Å². The number of aromatic nitrogens is 1. The summed E-state index contributed by atoms with van der Waals surface area (Å²) in [5.41, 5.74) is 0.844. The van der Waals surface area contributed by atoms with Crippen molar-refractivity contribution in [2.45, 2.75) is 6.54 Å². The number of halogens is 1. The molecule has 1 amide bonds. The van der Waals surface area contributed by atoms with Crippen LogP contribution < -0.4 is 9.54 Å². The zero-order valence-electron chi connectivity index (χ0n) is 14.1. The molecule has 8 heteroatoms. The molecule has 0 aliphatic heterocycles. The number of fused-ring (bicyclic) bond motifs is 1. The highest BCUT2D eigenvalue weighted by molar-refractivity contribution is 7.16. The van der Waals surface area contributed by atoms with E-state index in [9.17, 15) is 14.0 Å². The van der Waals surface area contributed by atoms with Gasteiger partial charge in [0.25, 0.3) is 5.91 Å². The van der Waals surface area contributed by atoms with E-state index in [1.807, 2.05) is 0 Å². The van der Waals surface area contributed by atoms with Crippen molar-refractivity contribution in [3.8, 4) is 5.75 Å². The van der Waals surface area contributed by atoms with E-state index in [2.05, 4.69) is 4.99 Å². The standard InChI is InChI=1S/C18H15FN2O4S/c1-24-13-6-7-14-15(9-13)26-18(21(14)10-16(22)25-2)20-17(23)11-4-3-5-12(19)8-11/h3-9H,10H2,1-2H3. The third-order valence-corrected chi connectivity index (χ3v) is 4.71. The average molecular weight is 374 g/mol. The minimum Gasteiger partial charge on any atom is -0.497 e. The van der Waals surface area contributed by atoms with Gasteiger partial charge in [-0.05, 0) is 36.4 Å². The van der Waals surface area contributed by atoms with Crippen LogP contribution >= 0.6 is 11.3 Å². The summed E-state index contributed by atoms with van der Waals surface area (Å²) in [6.07, 6.45) is 0. The molecule has 0 spiro atoms. The summed E-state index contributed by atoms with van der Waals surface area (Å²) in [4.78, 5) is 28.5. The molecule has 0 atom stereocenters. The zero-order valence-corrected chi connectivity index (χ0v) is 14.9. The number of esters is 1. The first-order chi connectivity index (χ1) is 12.5. The molecule has 1 heterocycles. The Morgan fingerprint density at radius 1 is 1.19 bits per heavy atom. The molecule has 0 saturated heterocycles. The number of hydrogen-bond acceptors (Lipinski definition) is 5. The molecular weight excluding hydrogens is 359 g/mol. The van der Waals surface area contributed by atoms with Crippen molar-refractivity contribution < 1.29 is 23.5 Å². The predicted molar refractivity (Wildman–Crippen MR) is 94.7 cm³/mol. The smallest absolute Gasteiger partial charge is 0.325 e. The van der Waals surface area contributed by atoms with Crippen LogP contribution in [0, 0.1) is 5.82 Å². The molecule has 0 aliphatic carbocycles. The Bertz CT molecular complexity index is 1050. The fourth-order valence-electron chi connectivity index (χ4n) is 2.39. The van der Waals surface area contributed by atoms with E-state index in [-0.39, 0.29) is 12.1 Å². The van der Waals surface area contributed by atoms with Crippen molar-refractivity contribution in [1.29, 1.82) is 0 Å². The second kappa shape index (κ2) is 7.49. The predicted octanol–water partition coefficient (Wildman–Crippen LogP) is 2.76. The van der Waals surface area contributed by atoms with Crippen molar-refractivity contribution in [3.05, 3.63) is 58.6 Å². The van der Waals surface area contributed by atoms with Gasteiger partial charge in [-0.15, -0.1) is 0 Å². The van der Waals surface area contributed by atoms with Gasteiger partial charge in [-0.2, -0.15) is 4.99 Å². The normalized spacial score (nSPS) is 11.6. The average Bonchev–Trinajstić information content (AvgIpc) is 2.97. The summed E-state index contributed by atoms with van der Waals surface area (Å²) in [5.74, 6) is -0.941. The van der Waals surface area contributed by atoms with Gasteiger partial charge in [-0.25, -0.2) is 4.39 Å². The van der Waals surface area contributed by atoms with E-state index in [4.69, 9.17) is 9.47 Å². The lowest BCUT2D eigenvalue weighted by atomic mass is 10.2. The van der Waals surface area contributed by atoms with Crippen LogP contribution in [0.15, 0.2) is 47.5 Å². The number of nitrogens with zero attached hydrogens (tertiary/aromatic N) is 2. The lowest BCUT2D eigenvalue weighted by molar-refractivity contribution is -0.141. The van der Waals surface area contributed by atoms with Gasteiger partial charge in [-0.3, -0.25) is 9.59 Å². The highest BCUT2D eigenvalue weighted by Gasteiger charge is 2.13. The largest absolute Gasteiger partial charge is 0.497 e. The number of ether oxygens (including phenoxy) is 2. The lowest BCUT2D eigenvalue weighted by Crippen LogP contribution is -2.22. The molecule has 0 aliphatic rings. The minimum atomic E-state index is -0.596. The Balaban J connectivity index is 2.14. The maximum absolute atomic E-state index is 13.3. The van der Waals surface area contributed by atoms with Gasteiger partial charge in [0.05, 0.1) is 24.4 Å². The lowest BCUT2D eigenvalue weighted by Gasteiger charge is -2.04. The summed E-state index contributed by atoms with van der Waals surface area (Å²) in [5, 5.41) is 0. The van der Waals surface area contributed by atoms with Crippen LogP contribution in [0.5, 0.6) is 5.75 Å². The molecule has 0 unspecified atom stereocenters. The highest BCUT2D eigenvalue weighted by Crippen LogP contribution is 2.23. The van der Waals surface area contributed by atoms with Crippen molar-refractivity contribution in [3.63, 3.8) is 0 Å². The van der Waals surface area contributed by atoms with Gasteiger partial charge in [0.15, 0.2) is 4.80 Å². The molecule has 3 aromatic rings. The van der Waals surface area contributed by atoms with E-state index < -0.39 is 17.7 Å². The summed E-state index contributed by atoms with van der Waals surface area (Å²) >= 11 is 1.23. The first kappa shape index (κ1) is 17.8. The Labute approximate surface area is 152 Å². The number of rotatable bonds is 4. The summed E-state index contributed by atoms with van der Waals surface area (Å²) in [6, 6.07) is 10.6. The van der Waals surface area contributed by atoms with Crippen molar-refractivity contribution >= 4 is 33.4 Å². The van der Waals surface area contributed by atoms with E-state index >= 15 is 0 Å². The Morgan fingerprint density at radius 2 is 2.00 bits per heavy atom. The molecule has 0 radical (unpaired) electrons. The van der Waals surface area contributed by atoms with Crippen LogP contribution in [0.2, 0.25) is 0 Å². The molecule has 0 saturated carbocycles. The van der Waals surface area contributed by atoms with Crippen molar-refractivity contribution in [1.82, 2.24) is 4.57 Å². The molecule has 26 heavy (non-hydrogen) atoms. The highest BCUT2D eigenvalue weighted by atomic mass is 32.1. The zero-order chi connectivity index (χ0) is 18.7. The molecule has 0 N–H and O–H groups in total. The third kappa shape index (κ3) is 3.65. The number of methoxy groups -OCH3 is 2. The molecule has 0 bridgehead atoms. The number of carbonyl (C=O) groups is 2. The molecule has 0 fully saturated rings. The number of thiazole rings is 1. The van der Waals surface area contributed by atoms with Gasteiger partial charge in [0.1, 0.15) is 18.1 Å². The van der Waals surface area contributed by atoms with Gasteiger partial charge >= 0.3 is 5.97 Å². The topological polar surface area (TPSA) is 69.9 Å². The van der Waals surface area contributed by atoms with Crippen LogP contribution in [0.1, 0.15) is 10.4 Å². The summed E-state index contributed by atoms with van der Waals surface area (Å²) in [7, 11) is 2.84. The van der Waals surface area contributed by atoms with Crippen LogP contribution in [0.25, 0.3) is 10.2 Å². The van der Waals surface area contributed by atoms with Crippen LogP contribution in [0.3, 0.4) is 0 Å². The maximum Gasteiger partial charge on any atom is 0.325 e. The monoisotopic (exact) mass is 374 g/mol. The number of carbonyl (C=O) groups excluding carboxylic acids is 2. The van der Waals surface area contributed by atoms with E-state index in [1.54, 1.807) is 29.9 Å². The molecule has 6 nitrogen and oxygen atoms in total. The first-order valence-electron chi connectivity index (χ1n) is 7.60. The first-order valence-corrected chi connectivity index (χ1v) is 8.42. The van der Waals surface area contributed by atoms with Gasteiger partial charge < -0.3 is 14.0 Å². The van der Waals surface area contributed by atoms with E-state index in [0.29, 0.717) is 16.1 Å². The quantitative estimate of drug-likeness (QED) is 0.659. The Hall–Kier alpha value is -3.00. The SMILES string of the molecule is COC(=O)Cn1c(=NC(=O)c2cccc(F)c2)sc2cc(OC)ccc21. The van der Waals surface area contributed by atoms with Crippen molar-refractivity contribution in [2.75, 3.05) is 14.2 Å². The number of hydrogen-bond donors (Lipinski definition) is 0. The summed E-state index contributed by atoms with van der Waals surface area (Å²) < 4.78 is 25.6. The molecule has 2 aromatic carbocycles. The number of amides is 1. The van der Waals surface area contributed by atoms with Gasteiger partial charge in [-0.1, -0.05) is 17.4 Å². The molecule has 3 rings (SSSR count). The molecule has 134 valence electrons. The number of benzene rings is 2. The van der Waals surface area contributed by atoms with Crippen molar-refractivity contribution in [2.24, 2.45) is 4.99 Å². The van der Waals surface area contributed by atoms with Gasteiger partial charge in [0, 0.05) is 5.56 Å². The maximum atomic E-state index is 13.3. The molecular formula is C18H15FN2O4S. The van der Waals surface area contributed by atoms with E-state index in [1.165, 1.54) is 36.6 Å². The Morgan fingerprint density at radius 3 is 2.69 bits per heavy atom. The minimum absolute atomic E-state index is 0.0991. The van der Waals surface area contributed by atoms with Crippen LogP contribution in [0.4, 0.5) is 4.39 Å². The molecule has 1 aromatic heterocycles. The summed E-state index contributed by atoms with van der Waals surface area (Å²) in [6.45, 7) is -0.0991. The fourth-order valence-corrected chi connectivity index (χ4v) is 3.44. The second-order valence-electron chi connectivity index (χ2n) is 5.31.